The number of primary amides is 1. The Morgan fingerprint density at radius 1 is 0.953 bits per heavy atom. The molecule has 0 spiro atoms. The summed E-state index contributed by atoms with van der Waals surface area (Å²) in [5.74, 6) is -5.71. The number of anilines is 1. The number of hydrogen-bond acceptors (Lipinski definition) is 4. The quantitative estimate of drug-likeness (QED) is 0.328. The highest BCUT2D eigenvalue weighted by Gasteiger charge is 2.48. The molecule has 3 atom stereocenters. The number of benzene rings is 3. The highest BCUT2D eigenvalue weighted by molar-refractivity contribution is 7.99. The summed E-state index contributed by atoms with van der Waals surface area (Å²) in [5, 5.41) is -1.20. The van der Waals surface area contributed by atoms with Gasteiger partial charge in [-0.15, -0.1) is 11.8 Å². The molecule has 1 fully saturated rings. The van der Waals surface area contributed by atoms with Gasteiger partial charge < -0.3 is 15.5 Å². The van der Waals surface area contributed by atoms with Crippen molar-refractivity contribution in [1.29, 1.82) is 0 Å². The van der Waals surface area contributed by atoms with Crippen LogP contribution in [-0.2, 0) is 20.8 Å². The molecule has 3 amide bonds. The van der Waals surface area contributed by atoms with Gasteiger partial charge in [-0.25, -0.2) is 17.6 Å². The zero-order valence-electron chi connectivity index (χ0n) is 23.4. The number of carbonyl (C=O) groups is 3. The fraction of sp³-hybridized carbons (Fsp3) is 0.344. The fourth-order valence-corrected chi connectivity index (χ4v) is 7.42. The van der Waals surface area contributed by atoms with Gasteiger partial charge in [0.1, 0.15) is 35.4 Å². The van der Waals surface area contributed by atoms with E-state index in [4.69, 9.17) is 5.73 Å². The topological polar surface area (TPSA) is 83.7 Å². The number of nitrogens with two attached hydrogens (primary N) is 1. The van der Waals surface area contributed by atoms with Crippen molar-refractivity contribution in [2.75, 3.05) is 4.90 Å². The largest absolute Gasteiger partial charge is 0.368 e. The molecule has 226 valence electrons. The van der Waals surface area contributed by atoms with Gasteiger partial charge in [-0.1, -0.05) is 31.4 Å². The zero-order valence-corrected chi connectivity index (χ0v) is 24.3. The number of rotatable bonds is 7. The van der Waals surface area contributed by atoms with Crippen molar-refractivity contribution in [2.45, 2.75) is 73.7 Å². The summed E-state index contributed by atoms with van der Waals surface area (Å²) in [6, 6.07) is 9.43. The number of amides is 3. The number of para-hydroxylation sites is 1. The van der Waals surface area contributed by atoms with Crippen LogP contribution >= 0.6 is 11.8 Å². The van der Waals surface area contributed by atoms with Gasteiger partial charge in [0.15, 0.2) is 0 Å². The zero-order chi connectivity index (χ0) is 30.8. The van der Waals surface area contributed by atoms with Crippen LogP contribution in [0, 0.1) is 23.3 Å². The molecule has 0 radical (unpaired) electrons. The summed E-state index contributed by atoms with van der Waals surface area (Å²) in [7, 11) is 0. The standard InChI is InChI=1S/C32H31F4N3O3S/c1-18(31(37)41)38(28(40)15-19-13-21(34)16-22(35)14-19)29-30(24-17-20(33)11-12-25(24)36)43-27-10-6-5-9-26(27)39(32(29)42)23-7-3-2-4-8-23/h5-6,9-14,16-18,23,29-30H,2-4,7-8,15H2,1H3,(H2,37,41)/t18-,29-,30+/m0/s1. The summed E-state index contributed by atoms with van der Waals surface area (Å²) in [5.41, 5.74) is 6.06. The fourth-order valence-electron chi connectivity index (χ4n) is 6.02. The Labute approximate surface area is 251 Å². The maximum atomic E-state index is 15.5. The molecule has 11 heteroatoms. The Hall–Kier alpha value is -3.86. The average molecular weight is 614 g/mol. The van der Waals surface area contributed by atoms with Crippen LogP contribution in [0.15, 0.2) is 65.6 Å². The SMILES string of the molecule is C[C@@H](C(N)=O)N(C(=O)Cc1cc(F)cc(F)c1)[C@@H]1C(=O)N(C2CCCCC2)c2ccccc2S[C@@H]1c1cc(F)ccc1F. The second-order valence-electron chi connectivity index (χ2n) is 11.0. The number of nitrogens with zero attached hydrogens (tertiary/aromatic N) is 2. The van der Waals surface area contributed by atoms with Gasteiger partial charge >= 0.3 is 0 Å². The van der Waals surface area contributed by atoms with Gasteiger partial charge in [-0.3, -0.25) is 14.4 Å². The number of thioether (sulfide) groups is 1. The first-order valence-corrected chi connectivity index (χ1v) is 15.0. The van der Waals surface area contributed by atoms with E-state index >= 15 is 4.39 Å². The molecule has 2 N–H and O–H groups in total. The summed E-state index contributed by atoms with van der Waals surface area (Å²) in [4.78, 5) is 44.8. The summed E-state index contributed by atoms with van der Waals surface area (Å²) < 4.78 is 58.2. The normalized spacial score (nSPS) is 19.8. The minimum absolute atomic E-state index is 0.0289. The van der Waals surface area contributed by atoms with E-state index in [0.717, 1.165) is 66.3 Å². The van der Waals surface area contributed by atoms with Gasteiger partial charge in [-0.2, -0.15) is 0 Å². The number of halogens is 4. The maximum Gasteiger partial charge on any atom is 0.251 e. The van der Waals surface area contributed by atoms with Crippen molar-refractivity contribution < 1.29 is 31.9 Å². The Morgan fingerprint density at radius 3 is 2.30 bits per heavy atom. The van der Waals surface area contributed by atoms with Gasteiger partial charge in [0.05, 0.1) is 17.4 Å². The molecule has 5 rings (SSSR count). The van der Waals surface area contributed by atoms with E-state index in [1.54, 1.807) is 29.2 Å². The Morgan fingerprint density at radius 2 is 1.63 bits per heavy atom. The Bertz CT molecular complexity index is 1530. The van der Waals surface area contributed by atoms with E-state index in [1.807, 2.05) is 0 Å². The molecule has 2 aliphatic rings. The van der Waals surface area contributed by atoms with Crippen molar-refractivity contribution in [3.05, 3.63) is 95.1 Å². The van der Waals surface area contributed by atoms with E-state index in [2.05, 4.69) is 0 Å². The molecule has 0 unspecified atom stereocenters. The van der Waals surface area contributed by atoms with Crippen LogP contribution in [0.5, 0.6) is 0 Å². The minimum atomic E-state index is -1.52. The number of hydrogen-bond donors (Lipinski definition) is 1. The second kappa shape index (κ2) is 12.8. The molecule has 1 aliphatic heterocycles. The van der Waals surface area contributed by atoms with Crippen molar-refractivity contribution >= 4 is 35.2 Å². The summed E-state index contributed by atoms with van der Waals surface area (Å²) in [6.45, 7) is 1.34. The lowest BCUT2D eigenvalue weighted by molar-refractivity contribution is -0.145. The molecule has 43 heavy (non-hydrogen) atoms. The first kappa shape index (κ1) is 30.6. The van der Waals surface area contributed by atoms with Gasteiger partial charge in [-0.05, 0) is 67.8 Å². The lowest BCUT2D eigenvalue weighted by Crippen LogP contribution is -2.60. The Kier molecular flexibility index (Phi) is 9.10. The predicted octanol–water partition coefficient (Wildman–Crippen LogP) is 6.07. The van der Waals surface area contributed by atoms with Crippen molar-refractivity contribution in [3.63, 3.8) is 0 Å². The van der Waals surface area contributed by atoms with Crippen LogP contribution in [0.25, 0.3) is 0 Å². The number of fused-ring (bicyclic) bond motifs is 1. The molecule has 6 nitrogen and oxygen atoms in total. The van der Waals surface area contributed by atoms with Crippen LogP contribution in [0.4, 0.5) is 23.2 Å². The van der Waals surface area contributed by atoms with E-state index < -0.39 is 64.7 Å². The van der Waals surface area contributed by atoms with Gasteiger partial charge in [0, 0.05) is 22.6 Å². The van der Waals surface area contributed by atoms with E-state index in [0.29, 0.717) is 29.5 Å². The molecule has 3 aromatic carbocycles. The maximum absolute atomic E-state index is 15.5. The molecule has 1 saturated carbocycles. The highest BCUT2D eigenvalue weighted by atomic mass is 32.2. The van der Waals surface area contributed by atoms with Gasteiger partial charge in [0.25, 0.3) is 5.91 Å². The smallest absolute Gasteiger partial charge is 0.251 e. The van der Waals surface area contributed by atoms with Crippen LogP contribution in [-0.4, -0.2) is 40.7 Å². The molecule has 1 heterocycles. The third kappa shape index (κ3) is 6.41. The molecule has 0 bridgehead atoms. The van der Waals surface area contributed by atoms with E-state index in [-0.39, 0.29) is 17.2 Å². The van der Waals surface area contributed by atoms with Crippen molar-refractivity contribution in [2.24, 2.45) is 5.73 Å². The summed E-state index contributed by atoms with van der Waals surface area (Å²) in [6.07, 6.45) is 3.57. The monoisotopic (exact) mass is 613 g/mol. The molecular formula is C32H31F4N3O3S. The lowest BCUT2D eigenvalue weighted by atomic mass is 9.92. The van der Waals surface area contributed by atoms with E-state index in [9.17, 15) is 27.6 Å². The molecular weight excluding hydrogens is 582 g/mol. The van der Waals surface area contributed by atoms with Crippen molar-refractivity contribution in [3.8, 4) is 0 Å². The second-order valence-corrected chi connectivity index (χ2v) is 12.1. The predicted molar refractivity (Wildman–Crippen MR) is 155 cm³/mol. The first-order valence-electron chi connectivity index (χ1n) is 14.1. The van der Waals surface area contributed by atoms with Crippen LogP contribution in [0.2, 0.25) is 0 Å². The third-order valence-electron chi connectivity index (χ3n) is 8.05. The van der Waals surface area contributed by atoms with Gasteiger partial charge in [0.2, 0.25) is 11.8 Å². The van der Waals surface area contributed by atoms with E-state index in [1.165, 1.54) is 6.92 Å². The third-order valence-corrected chi connectivity index (χ3v) is 9.42. The molecule has 3 aromatic rings. The van der Waals surface area contributed by atoms with Crippen LogP contribution in [0.3, 0.4) is 0 Å². The minimum Gasteiger partial charge on any atom is -0.368 e. The van der Waals surface area contributed by atoms with Crippen molar-refractivity contribution in [1.82, 2.24) is 4.90 Å². The highest BCUT2D eigenvalue weighted by Crippen LogP contribution is 2.49. The molecule has 1 aliphatic carbocycles. The average Bonchev–Trinajstić information content (AvgIpc) is 3.08. The molecule has 0 aromatic heterocycles. The Balaban J connectivity index is 1.71. The van der Waals surface area contributed by atoms with Crippen LogP contribution < -0.4 is 10.6 Å². The summed E-state index contributed by atoms with van der Waals surface area (Å²) >= 11 is 1.08. The first-order chi connectivity index (χ1) is 20.5. The van der Waals surface area contributed by atoms with Crippen LogP contribution in [0.1, 0.15) is 55.4 Å². The molecule has 0 saturated heterocycles. The number of carbonyl (C=O) groups excluding carboxylic acids is 3. The lowest BCUT2D eigenvalue weighted by Gasteiger charge is -2.41.